The molecule has 0 aliphatic rings. The molecule has 0 spiro atoms. The average Bonchev–Trinajstić information content (AvgIpc) is 3.01. The smallest absolute Gasteiger partial charge is 0.422 e. The summed E-state index contributed by atoms with van der Waals surface area (Å²) in [4.78, 5) is 38.4. The molecular weight excluding hydrogens is 616 g/mol. The first kappa shape index (κ1) is 31.0. The number of hydrogen-bond acceptors (Lipinski definition) is 5. The molecule has 2 aromatic heterocycles. The molecule has 0 saturated heterocycles. The van der Waals surface area contributed by atoms with Crippen molar-refractivity contribution in [1.82, 2.24) is 19.4 Å². The number of carbonyl (C=O) groups excluding carboxylic acids is 1. The van der Waals surface area contributed by atoms with E-state index < -0.39 is 24.4 Å². The second kappa shape index (κ2) is 13.1. The highest BCUT2D eigenvalue weighted by Crippen LogP contribution is 2.28. The predicted octanol–water partition coefficient (Wildman–Crippen LogP) is 7.36. The number of aromatic nitrogens is 3. The second-order valence-corrected chi connectivity index (χ2v) is 10.8. The summed E-state index contributed by atoms with van der Waals surface area (Å²) in [6.45, 7) is 0.468. The number of halogens is 5. The second-order valence-electron chi connectivity index (χ2n) is 10.0. The van der Waals surface area contributed by atoms with Gasteiger partial charge >= 0.3 is 6.18 Å². The van der Waals surface area contributed by atoms with Crippen molar-refractivity contribution in [2.75, 3.05) is 6.61 Å². The predicted molar refractivity (Wildman–Crippen MR) is 162 cm³/mol. The van der Waals surface area contributed by atoms with Gasteiger partial charge in [-0.05, 0) is 72.6 Å². The maximum Gasteiger partial charge on any atom is 0.422 e. The van der Waals surface area contributed by atoms with Crippen LogP contribution in [0.15, 0.2) is 96.1 Å². The van der Waals surface area contributed by atoms with E-state index in [9.17, 15) is 22.8 Å². The number of fused-ring (bicyclic) bond motifs is 1. The summed E-state index contributed by atoms with van der Waals surface area (Å²) in [7, 11) is 0. The Balaban J connectivity index is 1.59. The Morgan fingerprint density at radius 2 is 1.73 bits per heavy atom. The molecule has 1 unspecified atom stereocenters. The summed E-state index contributed by atoms with van der Waals surface area (Å²) in [5, 5.41) is 1.01. The van der Waals surface area contributed by atoms with Gasteiger partial charge in [-0.3, -0.25) is 19.1 Å². The van der Waals surface area contributed by atoms with Crippen LogP contribution in [0.2, 0.25) is 10.0 Å². The maximum atomic E-state index is 13.9. The van der Waals surface area contributed by atoms with Crippen molar-refractivity contribution < 1.29 is 22.7 Å². The minimum Gasteiger partial charge on any atom is -0.484 e. The molecule has 1 amide bonds. The van der Waals surface area contributed by atoms with Crippen LogP contribution in [0.5, 0.6) is 5.75 Å². The fraction of sp³-hybridized carbons (Fsp3) is 0.188. The third-order valence-corrected chi connectivity index (χ3v) is 7.61. The van der Waals surface area contributed by atoms with E-state index in [1.807, 2.05) is 6.07 Å². The molecule has 5 aromatic rings. The van der Waals surface area contributed by atoms with Crippen molar-refractivity contribution in [3.63, 3.8) is 0 Å². The van der Waals surface area contributed by atoms with Gasteiger partial charge < -0.3 is 9.64 Å². The molecule has 0 saturated carbocycles. The van der Waals surface area contributed by atoms with E-state index in [1.54, 1.807) is 72.7 Å². The Hall–Kier alpha value is -4.41. The number of rotatable bonds is 9. The Bertz CT molecular complexity index is 1850. The fourth-order valence-corrected chi connectivity index (χ4v) is 5.05. The highest BCUT2D eigenvalue weighted by molar-refractivity contribution is 6.42. The van der Waals surface area contributed by atoms with Gasteiger partial charge in [-0.15, -0.1) is 0 Å². The lowest BCUT2D eigenvalue weighted by Gasteiger charge is -2.31. The van der Waals surface area contributed by atoms with Gasteiger partial charge in [0.05, 0.1) is 39.1 Å². The SMILES string of the molecule is CC(c1nc2ccccc2c(=O)n1-c1ccc(OCC(F)(F)F)cc1)N(Cc1cccnc1)C(=O)Cc1ccc(Cl)c(Cl)c1. The van der Waals surface area contributed by atoms with Gasteiger partial charge in [-0.2, -0.15) is 13.2 Å². The summed E-state index contributed by atoms with van der Waals surface area (Å²) in [5.41, 5.74) is 1.76. The van der Waals surface area contributed by atoms with Gasteiger partial charge in [0.15, 0.2) is 6.61 Å². The van der Waals surface area contributed by atoms with E-state index in [1.165, 1.54) is 28.8 Å². The molecule has 2 heterocycles. The van der Waals surface area contributed by atoms with E-state index in [0.29, 0.717) is 32.2 Å². The molecule has 0 N–H and O–H groups in total. The normalized spacial score (nSPS) is 12.2. The Morgan fingerprint density at radius 1 is 0.977 bits per heavy atom. The van der Waals surface area contributed by atoms with E-state index in [-0.39, 0.29) is 30.4 Å². The van der Waals surface area contributed by atoms with Gasteiger partial charge in [0.25, 0.3) is 5.56 Å². The molecule has 0 fully saturated rings. The first-order valence-corrected chi connectivity index (χ1v) is 14.2. The zero-order valence-corrected chi connectivity index (χ0v) is 24.8. The highest BCUT2D eigenvalue weighted by Gasteiger charge is 2.29. The lowest BCUT2D eigenvalue weighted by Crippen LogP contribution is -2.38. The van der Waals surface area contributed by atoms with Crippen LogP contribution in [0.3, 0.4) is 0 Å². The lowest BCUT2D eigenvalue weighted by molar-refractivity contribution is -0.153. The third kappa shape index (κ3) is 7.20. The molecule has 1 atom stereocenters. The van der Waals surface area contributed by atoms with E-state index in [2.05, 4.69) is 4.98 Å². The molecule has 44 heavy (non-hydrogen) atoms. The Labute approximate surface area is 260 Å². The maximum absolute atomic E-state index is 13.9. The summed E-state index contributed by atoms with van der Waals surface area (Å²) in [6, 6.07) is 20.3. The van der Waals surface area contributed by atoms with Crippen molar-refractivity contribution in [2.24, 2.45) is 0 Å². The number of amides is 1. The van der Waals surface area contributed by atoms with Crippen LogP contribution in [-0.4, -0.2) is 38.1 Å². The number of carbonyl (C=O) groups is 1. The van der Waals surface area contributed by atoms with Crippen LogP contribution < -0.4 is 10.3 Å². The monoisotopic (exact) mass is 640 g/mol. The highest BCUT2D eigenvalue weighted by atomic mass is 35.5. The molecule has 7 nitrogen and oxygen atoms in total. The average molecular weight is 641 g/mol. The van der Waals surface area contributed by atoms with Crippen LogP contribution in [0.4, 0.5) is 13.2 Å². The topological polar surface area (TPSA) is 77.3 Å². The van der Waals surface area contributed by atoms with Gasteiger partial charge in [0.2, 0.25) is 5.91 Å². The first-order chi connectivity index (χ1) is 21.0. The molecule has 12 heteroatoms. The Morgan fingerprint density at radius 3 is 2.41 bits per heavy atom. The van der Waals surface area contributed by atoms with Crippen LogP contribution in [0.25, 0.3) is 16.6 Å². The third-order valence-electron chi connectivity index (χ3n) is 6.88. The van der Waals surface area contributed by atoms with E-state index >= 15 is 0 Å². The number of hydrogen-bond donors (Lipinski definition) is 0. The van der Waals surface area contributed by atoms with E-state index in [4.69, 9.17) is 32.9 Å². The number of pyridine rings is 1. The van der Waals surface area contributed by atoms with Gasteiger partial charge in [-0.25, -0.2) is 4.98 Å². The zero-order valence-electron chi connectivity index (χ0n) is 23.3. The molecule has 0 bridgehead atoms. The van der Waals surface area contributed by atoms with Crippen LogP contribution in [-0.2, 0) is 17.8 Å². The minimum absolute atomic E-state index is 0.00938. The molecule has 0 aliphatic heterocycles. The summed E-state index contributed by atoms with van der Waals surface area (Å²) in [6.07, 6.45) is -1.24. The van der Waals surface area contributed by atoms with Gasteiger partial charge in [0.1, 0.15) is 11.6 Å². The Kier molecular flexibility index (Phi) is 9.22. The summed E-state index contributed by atoms with van der Waals surface area (Å²) < 4.78 is 44.2. The first-order valence-electron chi connectivity index (χ1n) is 13.4. The lowest BCUT2D eigenvalue weighted by atomic mass is 10.1. The molecule has 0 radical (unpaired) electrons. The van der Waals surface area contributed by atoms with Crippen molar-refractivity contribution in [1.29, 1.82) is 0 Å². The number of nitrogens with zero attached hydrogens (tertiary/aromatic N) is 4. The summed E-state index contributed by atoms with van der Waals surface area (Å²) in [5.74, 6) is -0.0360. The van der Waals surface area contributed by atoms with Crippen LogP contribution in [0.1, 0.15) is 29.9 Å². The number of alkyl halides is 3. The van der Waals surface area contributed by atoms with Gasteiger partial charge in [-0.1, -0.05) is 47.5 Å². The van der Waals surface area contributed by atoms with Gasteiger partial charge in [0, 0.05) is 18.9 Å². The van der Waals surface area contributed by atoms with E-state index in [0.717, 1.165) is 5.56 Å². The van der Waals surface area contributed by atoms with Crippen LogP contribution >= 0.6 is 23.2 Å². The van der Waals surface area contributed by atoms with Crippen molar-refractivity contribution in [2.45, 2.75) is 32.1 Å². The molecule has 5 rings (SSSR count). The number of benzene rings is 3. The molecule has 0 aliphatic carbocycles. The van der Waals surface area contributed by atoms with Crippen molar-refractivity contribution >= 4 is 40.0 Å². The van der Waals surface area contributed by atoms with Crippen molar-refractivity contribution in [3.05, 3.63) is 129 Å². The quantitative estimate of drug-likeness (QED) is 0.168. The fourth-order valence-electron chi connectivity index (χ4n) is 4.73. The number of ether oxygens (including phenoxy) is 1. The molecule has 226 valence electrons. The molecule has 3 aromatic carbocycles. The standard InChI is InChI=1S/C32H25Cl2F3N4O3/c1-20(40(18-22-5-4-14-38-17-22)29(42)16-21-8-13-26(33)27(34)15-21)30-39-28-7-3-2-6-25(28)31(43)41(30)23-9-11-24(12-10-23)44-19-32(35,36)37/h2-15,17,20H,16,18-19H2,1H3. The van der Waals surface area contributed by atoms with Crippen LogP contribution in [0, 0.1) is 0 Å². The minimum atomic E-state index is -4.50. The zero-order chi connectivity index (χ0) is 31.4. The number of para-hydroxylation sites is 1. The van der Waals surface area contributed by atoms with Crippen molar-refractivity contribution in [3.8, 4) is 11.4 Å². The molecular formula is C32H25Cl2F3N4O3. The summed E-state index contributed by atoms with van der Waals surface area (Å²) >= 11 is 12.3. The largest absolute Gasteiger partial charge is 0.484 e.